The van der Waals surface area contributed by atoms with Crippen LogP contribution >= 0.6 is 0 Å². The maximum atomic E-state index is 11.4. The summed E-state index contributed by atoms with van der Waals surface area (Å²) >= 11 is 0. The van der Waals surface area contributed by atoms with Crippen molar-refractivity contribution in [3.63, 3.8) is 0 Å². The van der Waals surface area contributed by atoms with Crippen molar-refractivity contribution in [1.82, 2.24) is 0 Å². The molecule has 0 heterocycles. The Balaban J connectivity index is 2.29. The largest absolute Gasteiger partial charge is 0.493 e. The number of aliphatic imine (C=N–C) groups is 1. The molecule has 0 bridgehead atoms. The number of nitrogens with zero attached hydrogens (tertiary/aromatic N) is 1. The van der Waals surface area contributed by atoms with Gasteiger partial charge in [-0.25, -0.2) is 4.99 Å². The molecule has 1 atom stereocenters. The van der Waals surface area contributed by atoms with Crippen LogP contribution in [-0.2, 0) is 11.2 Å². The average molecular weight is 368 g/mol. The first-order chi connectivity index (χ1) is 13.0. The molecule has 142 valence electrons. The van der Waals surface area contributed by atoms with Crippen LogP contribution < -0.4 is 19.9 Å². The van der Waals surface area contributed by atoms with Crippen molar-refractivity contribution < 1.29 is 19.0 Å². The highest BCUT2D eigenvalue weighted by molar-refractivity contribution is 5.90. The summed E-state index contributed by atoms with van der Waals surface area (Å²) in [7, 11) is 4.82. The number of nitrogen functional groups attached to an aromatic ring is 1. The van der Waals surface area contributed by atoms with Gasteiger partial charge in [0.25, 0.3) is 0 Å². The van der Waals surface area contributed by atoms with Crippen LogP contribution in [0.5, 0.6) is 17.2 Å². The number of carbonyl (C=O) groups excluding carboxylic acids is 1. The van der Waals surface area contributed by atoms with Crippen LogP contribution in [0.15, 0.2) is 29.3 Å². The maximum absolute atomic E-state index is 11.4. The van der Waals surface area contributed by atoms with Crippen molar-refractivity contribution in [3.05, 3.63) is 35.4 Å². The first kappa shape index (κ1) is 18.8. The molecule has 3 rings (SSSR count). The van der Waals surface area contributed by atoms with E-state index in [1.807, 2.05) is 24.3 Å². The molecule has 1 amide bonds. The van der Waals surface area contributed by atoms with Crippen molar-refractivity contribution in [2.75, 3.05) is 27.1 Å². The van der Waals surface area contributed by atoms with Crippen LogP contribution in [0, 0.1) is 0 Å². The summed E-state index contributed by atoms with van der Waals surface area (Å²) in [5, 5.41) is 0. The SMILES string of the molecule is COc1cc2c(c(OC)c1OC)-c1ccc(N)cc1C(C=NC(C)=O)CC2. The number of anilines is 1. The highest BCUT2D eigenvalue weighted by Crippen LogP contribution is 2.50. The molecule has 1 aliphatic carbocycles. The standard InChI is InChI=1S/C21H24N2O4/c1-12(24)23-11-14-6-5-13-9-18(25-2)20(26-3)21(27-4)19(13)16-8-7-15(22)10-17(14)16/h7-11,14H,5-6,22H2,1-4H3. The Bertz CT molecular complexity index is 906. The summed E-state index contributed by atoms with van der Waals surface area (Å²) in [4.78, 5) is 15.4. The fourth-order valence-corrected chi connectivity index (χ4v) is 3.63. The van der Waals surface area contributed by atoms with E-state index in [2.05, 4.69) is 4.99 Å². The van der Waals surface area contributed by atoms with E-state index in [1.165, 1.54) is 6.92 Å². The molecular weight excluding hydrogens is 344 g/mol. The second kappa shape index (κ2) is 7.70. The summed E-state index contributed by atoms with van der Waals surface area (Å²) in [5.41, 5.74) is 10.8. The van der Waals surface area contributed by atoms with Gasteiger partial charge in [-0.15, -0.1) is 0 Å². The minimum absolute atomic E-state index is 0.0264. The number of aryl methyl sites for hydroxylation is 1. The van der Waals surface area contributed by atoms with Crippen LogP contribution in [0.3, 0.4) is 0 Å². The van der Waals surface area contributed by atoms with E-state index in [9.17, 15) is 4.79 Å². The second-order valence-corrected chi connectivity index (χ2v) is 6.47. The molecule has 2 aromatic rings. The molecule has 0 fully saturated rings. The summed E-state index contributed by atoms with van der Waals surface area (Å²) in [6.45, 7) is 1.45. The molecule has 27 heavy (non-hydrogen) atoms. The predicted molar refractivity (Wildman–Crippen MR) is 106 cm³/mol. The van der Waals surface area contributed by atoms with Gasteiger partial charge in [0.15, 0.2) is 11.5 Å². The number of rotatable bonds is 4. The number of fused-ring (bicyclic) bond motifs is 3. The Morgan fingerprint density at radius 3 is 2.52 bits per heavy atom. The zero-order valence-corrected chi connectivity index (χ0v) is 16.0. The van der Waals surface area contributed by atoms with E-state index in [0.717, 1.165) is 35.1 Å². The van der Waals surface area contributed by atoms with Gasteiger partial charge >= 0.3 is 0 Å². The molecule has 0 aromatic heterocycles. The lowest BCUT2D eigenvalue weighted by atomic mass is 9.91. The number of carbonyl (C=O) groups is 1. The molecule has 0 saturated heterocycles. The maximum Gasteiger partial charge on any atom is 0.242 e. The van der Waals surface area contributed by atoms with Gasteiger partial charge in [-0.3, -0.25) is 4.79 Å². The molecule has 1 unspecified atom stereocenters. The fourth-order valence-electron chi connectivity index (χ4n) is 3.63. The summed E-state index contributed by atoms with van der Waals surface area (Å²) in [5.74, 6) is 1.56. The molecule has 2 aromatic carbocycles. The number of ether oxygens (including phenoxy) is 3. The monoisotopic (exact) mass is 368 g/mol. The molecule has 2 N–H and O–H groups in total. The molecular formula is C21H24N2O4. The topological polar surface area (TPSA) is 83.1 Å². The summed E-state index contributed by atoms with van der Waals surface area (Å²) < 4.78 is 16.8. The van der Waals surface area contributed by atoms with Gasteiger partial charge in [-0.05, 0) is 47.7 Å². The highest BCUT2D eigenvalue weighted by atomic mass is 16.5. The van der Waals surface area contributed by atoms with Crippen LogP contribution in [-0.4, -0.2) is 33.5 Å². The van der Waals surface area contributed by atoms with Crippen LogP contribution in [0.2, 0.25) is 0 Å². The number of hydrogen-bond acceptors (Lipinski definition) is 5. The smallest absolute Gasteiger partial charge is 0.242 e. The molecule has 0 radical (unpaired) electrons. The third-order valence-electron chi connectivity index (χ3n) is 4.82. The van der Waals surface area contributed by atoms with Crippen molar-refractivity contribution in [2.24, 2.45) is 4.99 Å². The van der Waals surface area contributed by atoms with E-state index in [0.29, 0.717) is 22.9 Å². The lowest BCUT2D eigenvalue weighted by molar-refractivity contribution is -0.115. The van der Waals surface area contributed by atoms with Crippen molar-refractivity contribution in [1.29, 1.82) is 0 Å². The lowest BCUT2D eigenvalue weighted by Gasteiger charge is -2.20. The fraction of sp³-hybridized carbons (Fsp3) is 0.333. The van der Waals surface area contributed by atoms with Crippen LogP contribution in [0.1, 0.15) is 30.4 Å². The second-order valence-electron chi connectivity index (χ2n) is 6.47. The van der Waals surface area contributed by atoms with Gasteiger partial charge in [0.05, 0.1) is 21.3 Å². The number of amides is 1. The minimum Gasteiger partial charge on any atom is -0.493 e. The predicted octanol–water partition coefficient (Wildman–Crippen LogP) is 3.61. The van der Waals surface area contributed by atoms with Crippen LogP contribution in [0.25, 0.3) is 11.1 Å². The Kier molecular flexibility index (Phi) is 5.35. The number of hydrogen-bond donors (Lipinski definition) is 1. The lowest BCUT2D eigenvalue weighted by Crippen LogP contribution is -2.04. The molecule has 0 saturated carbocycles. The number of benzene rings is 2. The van der Waals surface area contributed by atoms with Gasteiger partial charge in [0.2, 0.25) is 11.7 Å². The molecule has 6 nitrogen and oxygen atoms in total. The van der Waals surface area contributed by atoms with E-state index in [1.54, 1.807) is 27.5 Å². The normalized spacial score (nSPS) is 15.6. The summed E-state index contributed by atoms with van der Waals surface area (Å²) in [6.07, 6.45) is 3.28. The zero-order chi connectivity index (χ0) is 19.6. The molecule has 1 aliphatic rings. The summed E-state index contributed by atoms with van der Waals surface area (Å²) in [6, 6.07) is 7.78. The first-order valence-electron chi connectivity index (χ1n) is 8.76. The molecule has 0 spiro atoms. The quantitative estimate of drug-likeness (QED) is 0.658. The Morgan fingerprint density at radius 2 is 1.89 bits per heavy atom. The van der Waals surface area contributed by atoms with Crippen LogP contribution in [0.4, 0.5) is 5.69 Å². The Labute approximate surface area is 159 Å². The third-order valence-corrected chi connectivity index (χ3v) is 4.82. The minimum atomic E-state index is -0.219. The van der Waals surface area contributed by atoms with E-state index >= 15 is 0 Å². The molecule has 0 aliphatic heterocycles. The van der Waals surface area contributed by atoms with E-state index in [-0.39, 0.29) is 11.8 Å². The zero-order valence-electron chi connectivity index (χ0n) is 16.0. The van der Waals surface area contributed by atoms with Crippen molar-refractivity contribution >= 4 is 17.8 Å². The Hall–Kier alpha value is -3.02. The average Bonchev–Trinajstić information content (AvgIpc) is 2.81. The third kappa shape index (κ3) is 3.47. The van der Waals surface area contributed by atoms with Gasteiger partial charge < -0.3 is 19.9 Å². The highest BCUT2D eigenvalue weighted by Gasteiger charge is 2.28. The van der Waals surface area contributed by atoms with Gasteiger partial charge in [-0.2, -0.15) is 0 Å². The van der Waals surface area contributed by atoms with E-state index < -0.39 is 0 Å². The first-order valence-corrected chi connectivity index (χ1v) is 8.76. The van der Waals surface area contributed by atoms with Gasteiger partial charge in [-0.1, -0.05) is 6.07 Å². The Morgan fingerprint density at radius 1 is 1.15 bits per heavy atom. The van der Waals surface area contributed by atoms with Gasteiger partial charge in [0, 0.05) is 30.3 Å². The van der Waals surface area contributed by atoms with Crippen molar-refractivity contribution in [3.8, 4) is 28.4 Å². The molecule has 6 heteroatoms. The number of nitrogens with two attached hydrogens (primary N) is 1. The van der Waals surface area contributed by atoms with Crippen molar-refractivity contribution in [2.45, 2.75) is 25.7 Å². The number of methoxy groups -OCH3 is 3. The van der Waals surface area contributed by atoms with Gasteiger partial charge in [0.1, 0.15) is 0 Å². The van der Waals surface area contributed by atoms with E-state index in [4.69, 9.17) is 19.9 Å².